The lowest BCUT2D eigenvalue weighted by atomic mass is 10.0. The van der Waals surface area contributed by atoms with Crippen molar-refractivity contribution in [1.82, 2.24) is 33.7 Å². The van der Waals surface area contributed by atoms with E-state index in [2.05, 4.69) is 27.2 Å². The van der Waals surface area contributed by atoms with Crippen LogP contribution >= 0.6 is 0 Å². The van der Waals surface area contributed by atoms with Crippen LogP contribution in [0, 0.1) is 11.8 Å². The molecule has 1 amide bonds. The van der Waals surface area contributed by atoms with E-state index >= 15 is 0 Å². The quantitative estimate of drug-likeness (QED) is 0.292. The molecule has 0 radical (unpaired) electrons. The summed E-state index contributed by atoms with van der Waals surface area (Å²) in [6.07, 6.45) is 7.39. The minimum Gasteiger partial charge on any atom is -0.326 e. The van der Waals surface area contributed by atoms with Crippen LogP contribution in [0.2, 0.25) is 0 Å². The van der Waals surface area contributed by atoms with Crippen molar-refractivity contribution in [2.75, 3.05) is 11.6 Å². The second-order valence-electron chi connectivity index (χ2n) is 11.0. The number of amides is 1. The van der Waals surface area contributed by atoms with Crippen molar-refractivity contribution in [2.45, 2.75) is 43.8 Å². The average molecular weight is 579 g/mol. The van der Waals surface area contributed by atoms with E-state index in [9.17, 15) is 22.8 Å². The Morgan fingerprint density at radius 2 is 1.78 bits per heavy atom. The van der Waals surface area contributed by atoms with Gasteiger partial charge in [0.15, 0.2) is 11.2 Å². The normalized spacial score (nSPS) is 15.4. The number of sulfone groups is 1. The zero-order chi connectivity index (χ0) is 29.2. The van der Waals surface area contributed by atoms with Crippen molar-refractivity contribution < 1.29 is 13.2 Å². The molecule has 0 aliphatic heterocycles. The number of allylic oxidation sites excluding steroid dienone is 1. The van der Waals surface area contributed by atoms with Gasteiger partial charge in [-0.1, -0.05) is 17.4 Å². The number of benzene rings is 1. The van der Waals surface area contributed by atoms with Gasteiger partial charge in [0, 0.05) is 32.0 Å². The van der Waals surface area contributed by atoms with E-state index in [0.29, 0.717) is 29.4 Å². The average Bonchev–Trinajstić information content (AvgIpc) is 3.84. The fourth-order valence-electron chi connectivity index (χ4n) is 5.01. The molecular formula is C27H30N8O5S. The van der Waals surface area contributed by atoms with Crippen LogP contribution < -0.4 is 16.6 Å². The third-order valence-corrected chi connectivity index (χ3v) is 8.58. The standard InChI is InChI=1S/C27H30N8O5S/c1-15(17-5-6-17)9-16-10-19(28-24(36)18-7-8-18)12-21(11-16)35-14-20(30-31-35)13-34-23-22(25(37)33(3)27(34)38)32(2)26(29-23)41(4,39)40/h10-12,14,17-18H,1,5-9,13H2,2-4H3,(H,28,36). The first kappa shape index (κ1) is 26.9. The highest BCUT2D eigenvalue weighted by Crippen LogP contribution is 2.37. The maximum absolute atomic E-state index is 13.1. The third-order valence-electron chi connectivity index (χ3n) is 7.55. The summed E-state index contributed by atoms with van der Waals surface area (Å²) < 4.78 is 29.4. The van der Waals surface area contributed by atoms with E-state index in [-0.39, 0.29) is 34.7 Å². The van der Waals surface area contributed by atoms with Gasteiger partial charge in [-0.25, -0.2) is 17.9 Å². The van der Waals surface area contributed by atoms with Crippen LogP contribution in [0.3, 0.4) is 0 Å². The van der Waals surface area contributed by atoms with Crippen molar-refractivity contribution in [3.63, 3.8) is 0 Å². The van der Waals surface area contributed by atoms with Crippen LogP contribution in [0.25, 0.3) is 16.9 Å². The van der Waals surface area contributed by atoms with Crippen molar-refractivity contribution in [2.24, 2.45) is 25.9 Å². The van der Waals surface area contributed by atoms with Crippen molar-refractivity contribution in [3.05, 3.63) is 68.6 Å². The lowest BCUT2D eigenvalue weighted by Crippen LogP contribution is -2.39. The number of hydrogen-bond acceptors (Lipinski definition) is 8. The predicted molar refractivity (Wildman–Crippen MR) is 151 cm³/mol. The summed E-state index contributed by atoms with van der Waals surface area (Å²) in [6, 6.07) is 5.73. The molecule has 0 spiro atoms. The summed E-state index contributed by atoms with van der Waals surface area (Å²) in [5.41, 5.74) is 2.47. The second-order valence-corrected chi connectivity index (χ2v) is 13.0. The minimum absolute atomic E-state index is 0.00435. The molecule has 6 rings (SSSR count). The number of carbonyl (C=O) groups is 1. The number of nitrogens with one attached hydrogen (secondary N) is 1. The van der Waals surface area contributed by atoms with Gasteiger partial charge < -0.3 is 9.88 Å². The van der Waals surface area contributed by atoms with Crippen LogP contribution in [0.15, 0.2) is 51.3 Å². The summed E-state index contributed by atoms with van der Waals surface area (Å²) >= 11 is 0. The highest BCUT2D eigenvalue weighted by molar-refractivity contribution is 7.90. The maximum atomic E-state index is 13.1. The van der Waals surface area contributed by atoms with E-state index in [1.54, 1.807) is 10.9 Å². The molecule has 1 N–H and O–H groups in total. The molecule has 13 nitrogen and oxygen atoms in total. The molecule has 1 aromatic carbocycles. The Labute approximate surface area is 235 Å². The maximum Gasteiger partial charge on any atom is 0.332 e. The molecule has 3 heterocycles. The second kappa shape index (κ2) is 9.65. The molecule has 2 aliphatic rings. The van der Waals surface area contributed by atoms with Crippen molar-refractivity contribution in [3.8, 4) is 5.69 Å². The monoisotopic (exact) mass is 578 g/mol. The molecule has 3 aromatic heterocycles. The largest absolute Gasteiger partial charge is 0.332 e. The Bertz CT molecular complexity index is 1930. The van der Waals surface area contributed by atoms with Crippen LogP contribution in [0.5, 0.6) is 0 Å². The van der Waals surface area contributed by atoms with Crippen LogP contribution in [0.1, 0.15) is 36.9 Å². The predicted octanol–water partition coefficient (Wildman–Crippen LogP) is 1.32. The van der Waals surface area contributed by atoms with Gasteiger partial charge in [-0.2, -0.15) is 4.98 Å². The Kier molecular flexibility index (Phi) is 6.32. The van der Waals surface area contributed by atoms with E-state index in [4.69, 9.17) is 0 Å². The third kappa shape index (κ3) is 5.14. The zero-order valence-corrected chi connectivity index (χ0v) is 23.8. The van der Waals surface area contributed by atoms with Gasteiger partial charge >= 0.3 is 5.69 Å². The van der Waals surface area contributed by atoms with Crippen LogP contribution in [0.4, 0.5) is 5.69 Å². The molecule has 4 aromatic rings. The van der Waals surface area contributed by atoms with E-state index in [0.717, 1.165) is 47.6 Å². The fraction of sp³-hybridized carbons (Fsp3) is 0.407. The smallest absolute Gasteiger partial charge is 0.326 e. The van der Waals surface area contributed by atoms with Gasteiger partial charge in [0.25, 0.3) is 5.56 Å². The lowest BCUT2D eigenvalue weighted by molar-refractivity contribution is -0.117. The van der Waals surface area contributed by atoms with Gasteiger partial charge in [0.1, 0.15) is 5.69 Å². The van der Waals surface area contributed by atoms with E-state index < -0.39 is 21.1 Å². The number of hydrogen-bond donors (Lipinski definition) is 1. The number of nitrogens with zero attached hydrogens (tertiary/aromatic N) is 7. The Balaban J connectivity index is 1.37. The summed E-state index contributed by atoms with van der Waals surface area (Å²) in [4.78, 5) is 42.6. The fourth-order valence-corrected chi connectivity index (χ4v) is 5.85. The zero-order valence-electron chi connectivity index (χ0n) is 23.0. The molecule has 41 heavy (non-hydrogen) atoms. The number of rotatable bonds is 9. The minimum atomic E-state index is -3.77. The highest BCUT2D eigenvalue weighted by Gasteiger charge is 2.30. The summed E-state index contributed by atoms with van der Waals surface area (Å²) in [5.74, 6) is 0.580. The highest BCUT2D eigenvalue weighted by atomic mass is 32.2. The van der Waals surface area contributed by atoms with Gasteiger partial charge in [-0.05, 0) is 61.8 Å². The van der Waals surface area contributed by atoms with Crippen LogP contribution in [-0.4, -0.2) is 54.3 Å². The SMILES string of the molecule is C=C(Cc1cc(NC(=O)C2CC2)cc(-n2cc(Cn3c(=O)n(C)c(=O)c4c3nc(S(C)(=O)=O)n4C)nn2)c1)C1CC1. The Morgan fingerprint density at radius 3 is 2.44 bits per heavy atom. The number of imidazole rings is 1. The first-order chi connectivity index (χ1) is 19.4. The number of aryl methyl sites for hydroxylation is 1. The molecule has 0 unspecified atom stereocenters. The molecule has 214 valence electrons. The van der Waals surface area contributed by atoms with Gasteiger partial charge in [-0.15, -0.1) is 5.10 Å². The topological polar surface area (TPSA) is 156 Å². The van der Waals surface area contributed by atoms with Gasteiger partial charge in [0.2, 0.25) is 20.9 Å². The number of anilines is 1. The van der Waals surface area contributed by atoms with Crippen molar-refractivity contribution in [1.29, 1.82) is 0 Å². The van der Waals surface area contributed by atoms with Crippen LogP contribution in [-0.2, 0) is 41.7 Å². The number of fused-ring (bicyclic) bond motifs is 1. The first-order valence-corrected chi connectivity index (χ1v) is 15.2. The van der Waals surface area contributed by atoms with Crippen molar-refractivity contribution >= 4 is 32.6 Å². The van der Waals surface area contributed by atoms with E-state index in [1.807, 2.05) is 18.2 Å². The van der Waals surface area contributed by atoms with E-state index in [1.165, 1.54) is 23.2 Å². The molecule has 0 saturated heterocycles. The molecule has 0 atom stereocenters. The molecule has 0 bridgehead atoms. The number of carbonyl (C=O) groups excluding carboxylic acids is 1. The summed E-state index contributed by atoms with van der Waals surface area (Å²) in [5, 5.41) is 11.2. The molecule has 2 saturated carbocycles. The summed E-state index contributed by atoms with van der Waals surface area (Å²) in [6.45, 7) is 4.14. The molecule has 2 fully saturated rings. The number of aromatic nitrogens is 7. The molecular weight excluding hydrogens is 548 g/mol. The molecule has 2 aliphatic carbocycles. The first-order valence-electron chi connectivity index (χ1n) is 13.3. The van der Waals surface area contributed by atoms with Gasteiger partial charge in [0.05, 0.1) is 18.4 Å². The lowest BCUT2D eigenvalue weighted by Gasteiger charge is -2.12. The Hall–Kier alpha value is -4.33. The Morgan fingerprint density at radius 1 is 1.07 bits per heavy atom. The molecule has 14 heteroatoms. The summed E-state index contributed by atoms with van der Waals surface area (Å²) in [7, 11) is -1.03. The van der Waals surface area contributed by atoms with Gasteiger partial charge in [-0.3, -0.25) is 18.7 Å².